The number of amides is 1. The largest absolute Gasteiger partial charge is 0.492 e. The van der Waals surface area contributed by atoms with Crippen molar-refractivity contribution in [3.63, 3.8) is 0 Å². The number of rotatable bonds is 7. The second kappa shape index (κ2) is 11.0. The Labute approximate surface area is 178 Å². The SMILES string of the molecule is CC(C)C(=O)Nc1ccc(OCCN2CC=C(c3ccc(F)cc3)CC2)cc1.Cl. The van der Waals surface area contributed by atoms with Gasteiger partial charge in [-0.05, 0) is 54.0 Å². The third kappa shape index (κ3) is 6.87. The van der Waals surface area contributed by atoms with Crippen LogP contribution in [0.4, 0.5) is 10.1 Å². The van der Waals surface area contributed by atoms with Gasteiger partial charge in [0.05, 0.1) is 0 Å². The van der Waals surface area contributed by atoms with Gasteiger partial charge in [-0.3, -0.25) is 9.69 Å². The average Bonchev–Trinajstić information content (AvgIpc) is 2.70. The summed E-state index contributed by atoms with van der Waals surface area (Å²) in [4.78, 5) is 14.0. The summed E-state index contributed by atoms with van der Waals surface area (Å²) in [6.45, 7) is 7.02. The lowest BCUT2D eigenvalue weighted by molar-refractivity contribution is -0.118. The number of nitrogens with zero attached hydrogens (tertiary/aromatic N) is 1. The zero-order chi connectivity index (χ0) is 19.9. The van der Waals surface area contributed by atoms with Gasteiger partial charge in [-0.2, -0.15) is 0 Å². The first-order valence-corrected chi connectivity index (χ1v) is 9.72. The summed E-state index contributed by atoms with van der Waals surface area (Å²) in [5.41, 5.74) is 3.15. The Morgan fingerprint density at radius 1 is 1.14 bits per heavy atom. The molecule has 156 valence electrons. The molecule has 0 unspecified atom stereocenters. The van der Waals surface area contributed by atoms with Crippen LogP contribution in [0.5, 0.6) is 5.75 Å². The summed E-state index contributed by atoms with van der Waals surface area (Å²) in [5.74, 6) is 0.557. The summed E-state index contributed by atoms with van der Waals surface area (Å²) in [5, 5.41) is 2.87. The van der Waals surface area contributed by atoms with E-state index >= 15 is 0 Å². The fourth-order valence-corrected chi connectivity index (χ4v) is 3.05. The van der Waals surface area contributed by atoms with E-state index in [-0.39, 0.29) is 30.0 Å². The Hall–Kier alpha value is -2.37. The molecule has 1 aliphatic rings. The molecule has 2 aromatic rings. The van der Waals surface area contributed by atoms with Gasteiger partial charge in [-0.25, -0.2) is 4.39 Å². The molecule has 0 radical (unpaired) electrons. The number of benzene rings is 2. The normalized spacial score (nSPS) is 14.1. The lowest BCUT2D eigenvalue weighted by Crippen LogP contribution is -2.32. The molecule has 0 spiro atoms. The summed E-state index contributed by atoms with van der Waals surface area (Å²) in [6.07, 6.45) is 3.17. The smallest absolute Gasteiger partial charge is 0.226 e. The van der Waals surface area contributed by atoms with Gasteiger partial charge in [-0.15, -0.1) is 12.4 Å². The van der Waals surface area contributed by atoms with Gasteiger partial charge in [0.2, 0.25) is 5.91 Å². The van der Waals surface area contributed by atoms with Crippen LogP contribution in [0.3, 0.4) is 0 Å². The van der Waals surface area contributed by atoms with E-state index < -0.39 is 0 Å². The second-order valence-corrected chi connectivity index (χ2v) is 7.30. The summed E-state index contributed by atoms with van der Waals surface area (Å²) < 4.78 is 18.9. The van der Waals surface area contributed by atoms with E-state index in [1.54, 1.807) is 0 Å². The molecule has 29 heavy (non-hydrogen) atoms. The van der Waals surface area contributed by atoms with Crippen LogP contribution in [0.25, 0.3) is 5.57 Å². The van der Waals surface area contributed by atoms with Crippen LogP contribution in [0, 0.1) is 11.7 Å². The zero-order valence-corrected chi connectivity index (χ0v) is 17.7. The predicted octanol–water partition coefficient (Wildman–Crippen LogP) is 5.01. The number of halogens is 2. The lowest BCUT2D eigenvalue weighted by Gasteiger charge is -2.26. The van der Waals surface area contributed by atoms with Crippen molar-refractivity contribution in [3.05, 3.63) is 66.0 Å². The zero-order valence-electron chi connectivity index (χ0n) is 16.9. The van der Waals surface area contributed by atoms with Crippen molar-refractivity contribution < 1.29 is 13.9 Å². The highest BCUT2D eigenvalue weighted by molar-refractivity contribution is 5.92. The van der Waals surface area contributed by atoms with Crippen molar-refractivity contribution in [1.82, 2.24) is 4.90 Å². The quantitative estimate of drug-likeness (QED) is 0.687. The fourth-order valence-electron chi connectivity index (χ4n) is 3.05. The molecule has 0 bridgehead atoms. The van der Waals surface area contributed by atoms with Crippen molar-refractivity contribution in [3.8, 4) is 5.75 Å². The predicted molar refractivity (Wildman–Crippen MR) is 118 cm³/mol. The minimum Gasteiger partial charge on any atom is -0.492 e. The van der Waals surface area contributed by atoms with Gasteiger partial charge in [0.25, 0.3) is 0 Å². The number of carbonyl (C=O) groups excluding carboxylic acids is 1. The van der Waals surface area contributed by atoms with Crippen molar-refractivity contribution in [2.45, 2.75) is 20.3 Å². The highest BCUT2D eigenvalue weighted by Crippen LogP contribution is 2.22. The van der Waals surface area contributed by atoms with Crippen molar-refractivity contribution in [2.75, 3.05) is 31.6 Å². The summed E-state index contributed by atoms with van der Waals surface area (Å²) in [7, 11) is 0. The van der Waals surface area contributed by atoms with Crippen molar-refractivity contribution in [2.24, 2.45) is 5.92 Å². The molecule has 0 saturated carbocycles. The first-order valence-electron chi connectivity index (χ1n) is 9.72. The molecule has 0 aromatic heterocycles. The number of ether oxygens (including phenoxy) is 1. The molecule has 0 saturated heterocycles. The van der Waals surface area contributed by atoms with Crippen LogP contribution in [0.1, 0.15) is 25.8 Å². The molecular formula is C23H28ClFN2O2. The number of hydrogen-bond donors (Lipinski definition) is 1. The number of hydrogen-bond acceptors (Lipinski definition) is 3. The number of anilines is 1. The molecule has 4 nitrogen and oxygen atoms in total. The van der Waals surface area contributed by atoms with E-state index in [0.717, 1.165) is 43.1 Å². The van der Waals surface area contributed by atoms with Crippen LogP contribution in [0.15, 0.2) is 54.6 Å². The Morgan fingerprint density at radius 3 is 2.41 bits per heavy atom. The fraction of sp³-hybridized carbons (Fsp3) is 0.348. The average molecular weight is 419 g/mol. The number of nitrogens with one attached hydrogen (secondary N) is 1. The molecule has 0 fully saturated rings. The Balaban J connectivity index is 0.00000300. The summed E-state index contributed by atoms with van der Waals surface area (Å²) >= 11 is 0. The molecule has 1 amide bonds. The monoisotopic (exact) mass is 418 g/mol. The van der Waals surface area contributed by atoms with E-state index in [9.17, 15) is 9.18 Å². The van der Waals surface area contributed by atoms with Gasteiger partial charge < -0.3 is 10.1 Å². The van der Waals surface area contributed by atoms with Gasteiger partial charge in [0.15, 0.2) is 0 Å². The summed E-state index contributed by atoms with van der Waals surface area (Å²) in [6, 6.07) is 14.2. The molecule has 0 atom stereocenters. The van der Waals surface area contributed by atoms with Gasteiger partial charge in [0.1, 0.15) is 18.2 Å². The molecule has 1 heterocycles. The van der Waals surface area contributed by atoms with Crippen LogP contribution >= 0.6 is 12.4 Å². The highest BCUT2D eigenvalue weighted by Gasteiger charge is 2.13. The third-order valence-corrected chi connectivity index (χ3v) is 4.83. The maximum absolute atomic E-state index is 13.0. The minimum absolute atomic E-state index is 0. The first-order chi connectivity index (χ1) is 13.5. The van der Waals surface area contributed by atoms with Gasteiger partial charge in [0, 0.05) is 31.2 Å². The molecular weight excluding hydrogens is 391 g/mol. The maximum atomic E-state index is 13.0. The van der Waals surface area contributed by atoms with Crippen LogP contribution in [-0.4, -0.2) is 37.0 Å². The van der Waals surface area contributed by atoms with Crippen LogP contribution < -0.4 is 10.1 Å². The van der Waals surface area contributed by atoms with Crippen LogP contribution in [-0.2, 0) is 4.79 Å². The van der Waals surface area contributed by atoms with Gasteiger partial charge >= 0.3 is 0 Å². The molecule has 0 aliphatic carbocycles. The van der Waals surface area contributed by atoms with Gasteiger partial charge in [-0.1, -0.05) is 32.1 Å². The maximum Gasteiger partial charge on any atom is 0.226 e. The molecule has 1 N–H and O–H groups in total. The van der Waals surface area contributed by atoms with Crippen LogP contribution in [0.2, 0.25) is 0 Å². The molecule has 2 aromatic carbocycles. The molecule has 3 rings (SSSR count). The number of carbonyl (C=O) groups is 1. The highest BCUT2D eigenvalue weighted by atomic mass is 35.5. The first kappa shape index (κ1) is 22.9. The second-order valence-electron chi connectivity index (χ2n) is 7.30. The Bertz CT molecular complexity index is 820. The van der Waals surface area contributed by atoms with E-state index in [2.05, 4.69) is 16.3 Å². The Morgan fingerprint density at radius 2 is 1.83 bits per heavy atom. The van der Waals surface area contributed by atoms with E-state index in [0.29, 0.717) is 6.61 Å². The minimum atomic E-state index is -0.200. The third-order valence-electron chi connectivity index (χ3n) is 4.83. The van der Waals surface area contributed by atoms with E-state index in [4.69, 9.17) is 4.74 Å². The Kier molecular flexibility index (Phi) is 8.68. The topological polar surface area (TPSA) is 41.6 Å². The molecule has 1 aliphatic heterocycles. The van der Waals surface area contributed by atoms with E-state index in [1.807, 2.05) is 50.2 Å². The van der Waals surface area contributed by atoms with Crippen molar-refractivity contribution >= 4 is 29.6 Å². The lowest BCUT2D eigenvalue weighted by atomic mass is 9.99. The van der Waals surface area contributed by atoms with Crippen molar-refractivity contribution in [1.29, 1.82) is 0 Å². The van der Waals surface area contributed by atoms with E-state index in [1.165, 1.54) is 17.7 Å². The molecule has 6 heteroatoms. The standard InChI is InChI=1S/C23H27FN2O2.ClH/c1-17(2)23(27)25-21-7-9-22(10-8-21)28-16-15-26-13-11-19(12-14-26)18-3-5-20(24)6-4-18;/h3-11,17H,12-16H2,1-2H3,(H,25,27);1H.